The van der Waals surface area contributed by atoms with Crippen LogP contribution >= 0.6 is 27.3 Å². The highest BCUT2D eigenvalue weighted by atomic mass is 79.9. The van der Waals surface area contributed by atoms with Gasteiger partial charge in [0, 0.05) is 14.2 Å². The number of aliphatic hydroxyl groups excluding tert-OH is 1. The summed E-state index contributed by atoms with van der Waals surface area (Å²) in [5.41, 5.74) is 2.29. The Kier molecular flexibility index (Phi) is 4.60. The van der Waals surface area contributed by atoms with Crippen molar-refractivity contribution in [3.8, 4) is 0 Å². The molecule has 0 radical (unpaired) electrons. The van der Waals surface area contributed by atoms with E-state index in [1.807, 2.05) is 18.2 Å². The molecule has 0 aliphatic heterocycles. The predicted molar refractivity (Wildman–Crippen MR) is 81.3 cm³/mol. The lowest BCUT2D eigenvalue weighted by Crippen LogP contribution is -1.97. The third-order valence-electron chi connectivity index (χ3n) is 2.98. The molecule has 1 N–H and O–H groups in total. The minimum Gasteiger partial charge on any atom is -0.383 e. The van der Waals surface area contributed by atoms with Crippen LogP contribution in [0.15, 0.2) is 34.8 Å². The van der Waals surface area contributed by atoms with Crippen LogP contribution in [0.2, 0.25) is 0 Å². The van der Waals surface area contributed by atoms with Gasteiger partial charge in [-0.1, -0.05) is 37.6 Å². The maximum atomic E-state index is 10.3. The van der Waals surface area contributed by atoms with Gasteiger partial charge >= 0.3 is 0 Å². The van der Waals surface area contributed by atoms with Gasteiger partial charge in [0.15, 0.2) is 0 Å². The molecule has 0 aliphatic rings. The van der Waals surface area contributed by atoms with Gasteiger partial charge in [-0.25, -0.2) is 0 Å². The summed E-state index contributed by atoms with van der Waals surface area (Å²) in [7, 11) is 0. The van der Waals surface area contributed by atoms with Gasteiger partial charge in [-0.2, -0.15) is 0 Å². The van der Waals surface area contributed by atoms with E-state index in [4.69, 9.17) is 0 Å². The molecule has 1 aromatic heterocycles. The third kappa shape index (κ3) is 3.02. The van der Waals surface area contributed by atoms with Gasteiger partial charge in [-0.15, -0.1) is 11.3 Å². The number of hydrogen-bond acceptors (Lipinski definition) is 2. The monoisotopic (exact) mass is 324 g/mol. The molecule has 0 saturated carbocycles. The maximum Gasteiger partial charge on any atom is 0.113 e. The molecule has 1 atom stereocenters. The SMILES string of the molecule is CCCc1ccc(C(O)c2cc(Br)c(C)s2)cc1. The molecule has 2 aromatic rings. The van der Waals surface area contributed by atoms with E-state index in [-0.39, 0.29) is 0 Å². The zero-order valence-corrected chi connectivity index (χ0v) is 13.0. The van der Waals surface area contributed by atoms with E-state index in [1.165, 1.54) is 10.4 Å². The van der Waals surface area contributed by atoms with Gasteiger partial charge in [0.05, 0.1) is 0 Å². The van der Waals surface area contributed by atoms with Crippen molar-refractivity contribution in [3.63, 3.8) is 0 Å². The Bertz CT molecular complexity index is 496. The summed E-state index contributed by atoms with van der Waals surface area (Å²) in [6.07, 6.45) is 1.73. The van der Waals surface area contributed by atoms with E-state index < -0.39 is 6.10 Å². The lowest BCUT2D eigenvalue weighted by atomic mass is 10.0. The van der Waals surface area contributed by atoms with Crippen LogP contribution in [-0.4, -0.2) is 5.11 Å². The summed E-state index contributed by atoms with van der Waals surface area (Å²) < 4.78 is 1.07. The van der Waals surface area contributed by atoms with E-state index in [9.17, 15) is 5.11 Å². The summed E-state index contributed by atoms with van der Waals surface area (Å²) in [6, 6.07) is 10.3. The standard InChI is InChI=1S/C15H17BrOS/c1-3-4-11-5-7-12(8-6-11)15(17)14-9-13(16)10(2)18-14/h5-9,15,17H,3-4H2,1-2H3. The van der Waals surface area contributed by atoms with E-state index in [0.29, 0.717) is 0 Å². The molecule has 0 aliphatic carbocycles. The van der Waals surface area contributed by atoms with Crippen molar-refractivity contribution >= 4 is 27.3 Å². The number of aryl methyl sites for hydroxylation is 2. The van der Waals surface area contributed by atoms with Gasteiger partial charge in [0.1, 0.15) is 6.10 Å². The number of benzene rings is 1. The van der Waals surface area contributed by atoms with Crippen LogP contribution in [0.4, 0.5) is 0 Å². The van der Waals surface area contributed by atoms with Crippen LogP contribution in [0.3, 0.4) is 0 Å². The number of halogens is 1. The number of aliphatic hydroxyl groups is 1. The molecule has 1 heterocycles. The van der Waals surface area contributed by atoms with Crippen molar-refractivity contribution in [2.45, 2.75) is 32.8 Å². The predicted octanol–water partition coefficient (Wildman–Crippen LogP) is 4.85. The summed E-state index contributed by atoms with van der Waals surface area (Å²) in [5.74, 6) is 0. The van der Waals surface area contributed by atoms with Gasteiger partial charge in [0.2, 0.25) is 0 Å². The normalized spacial score (nSPS) is 12.7. The van der Waals surface area contributed by atoms with E-state index in [1.54, 1.807) is 11.3 Å². The summed E-state index contributed by atoms with van der Waals surface area (Å²) in [5, 5.41) is 10.3. The fraction of sp³-hybridized carbons (Fsp3) is 0.333. The van der Waals surface area contributed by atoms with Gasteiger partial charge in [-0.3, -0.25) is 0 Å². The molecule has 1 nitrogen and oxygen atoms in total. The molecule has 3 heteroatoms. The average Bonchev–Trinajstić information content (AvgIpc) is 2.70. The molecular formula is C15H17BrOS. The quantitative estimate of drug-likeness (QED) is 0.852. The Morgan fingerprint density at radius 2 is 1.94 bits per heavy atom. The molecule has 0 saturated heterocycles. The smallest absolute Gasteiger partial charge is 0.113 e. The lowest BCUT2D eigenvalue weighted by molar-refractivity contribution is 0.224. The zero-order valence-electron chi connectivity index (χ0n) is 10.6. The summed E-state index contributed by atoms with van der Waals surface area (Å²) in [4.78, 5) is 2.19. The molecule has 0 bridgehead atoms. The Labute approximate surface area is 121 Å². The first-order chi connectivity index (χ1) is 8.61. The first-order valence-electron chi connectivity index (χ1n) is 6.14. The molecular weight excluding hydrogens is 308 g/mol. The topological polar surface area (TPSA) is 20.2 Å². The average molecular weight is 325 g/mol. The van der Waals surface area contributed by atoms with Crippen molar-refractivity contribution in [3.05, 3.63) is 55.7 Å². The van der Waals surface area contributed by atoms with Gasteiger partial charge < -0.3 is 5.11 Å². The zero-order chi connectivity index (χ0) is 13.1. The fourth-order valence-corrected chi connectivity index (χ4v) is 3.51. The van der Waals surface area contributed by atoms with E-state index in [0.717, 1.165) is 27.8 Å². The molecule has 0 spiro atoms. The summed E-state index contributed by atoms with van der Waals surface area (Å²) in [6.45, 7) is 4.23. The minimum absolute atomic E-state index is 0.518. The van der Waals surface area contributed by atoms with Crippen molar-refractivity contribution < 1.29 is 5.11 Å². The second kappa shape index (κ2) is 6.00. The highest BCUT2D eigenvalue weighted by molar-refractivity contribution is 9.10. The first-order valence-corrected chi connectivity index (χ1v) is 7.75. The van der Waals surface area contributed by atoms with Crippen LogP contribution in [0.5, 0.6) is 0 Å². The Balaban J connectivity index is 2.20. The Morgan fingerprint density at radius 3 is 2.44 bits per heavy atom. The lowest BCUT2D eigenvalue weighted by Gasteiger charge is -2.09. The number of thiophene rings is 1. The highest BCUT2D eigenvalue weighted by Crippen LogP contribution is 2.33. The van der Waals surface area contributed by atoms with E-state index in [2.05, 4.69) is 41.9 Å². The van der Waals surface area contributed by atoms with Crippen molar-refractivity contribution in [2.75, 3.05) is 0 Å². The molecule has 1 aromatic carbocycles. The molecule has 0 fully saturated rings. The van der Waals surface area contributed by atoms with E-state index >= 15 is 0 Å². The summed E-state index contributed by atoms with van der Waals surface area (Å²) >= 11 is 5.12. The molecule has 0 amide bonds. The third-order valence-corrected chi connectivity index (χ3v) is 5.17. The molecule has 2 rings (SSSR count). The minimum atomic E-state index is -0.518. The van der Waals surface area contributed by atoms with Crippen LogP contribution in [0.25, 0.3) is 0 Å². The maximum absolute atomic E-state index is 10.3. The second-order valence-electron chi connectivity index (χ2n) is 4.45. The largest absolute Gasteiger partial charge is 0.383 e. The number of rotatable bonds is 4. The fourth-order valence-electron chi connectivity index (χ4n) is 1.94. The molecule has 1 unspecified atom stereocenters. The van der Waals surface area contributed by atoms with Crippen LogP contribution in [0, 0.1) is 6.92 Å². The number of hydrogen-bond donors (Lipinski definition) is 1. The van der Waals surface area contributed by atoms with Crippen molar-refractivity contribution in [2.24, 2.45) is 0 Å². The molecule has 18 heavy (non-hydrogen) atoms. The first kappa shape index (κ1) is 13.8. The molecule has 96 valence electrons. The van der Waals surface area contributed by atoms with Gasteiger partial charge in [0.25, 0.3) is 0 Å². The van der Waals surface area contributed by atoms with Crippen LogP contribution in [0.1, 0.15) is 40.3 Å². The van der Waals surface area contributed by atoms with Gasteiger partial charge in [-0.05, 0) is 46.5 Å². The Hall–Kier alpha value is -0.640. The Morgan fingerprint density at radius 1 is 1.28 bits per heavy atom. The van der Waals surface area contributed by atoms with Crippen LogP contribution in [-0.2, 0) is 6.42 Å². The highest BCUT2D eigenvalue weighted by Gasteiger charge is 2.14. The van der Waals surface area contributed by atoms with Crippen molar-refractivity contribution in [1.82, 2.24) is 0 Å². The van der Waals surface area contributed by atoms with Crippen molar-refractivity contribution in [1.29, 1.82) is 0 Å². The van der Waals surface area contributed by atoms with Crippen LogP contribution < -0.4 is 0 Å². The second-order valence-corrected chi connectivity index (χ2v) is 6.59.